The maximum Gasteiger partial charge on any atom is 0.236 e. The lowest BCUT2D eigenvalue weighted by Gasteiger charge is -2.18. The molecule has 0 saturated carbocycles. The van der Waals surface area contributed by atoms with Crippen molar-refractivity contribution in [3.05, 3.63) is 23.8 Å². The second kappa shape index (κ2) is 5.92. The van der Waals surface area contributed by atoms with Crippen molar-refractivity contribution in [1.82, 2.24) is 9.80 Å². The van der Waals surface area contributed by atoms with Gasteiger partial charge in [0.15, 0.2) is 5.78 Å². The standard InChI is InChI=1S/C14H18N2O4/c1-15-5-2-6-16(9-14(15)20)8-13(19)11-4-3-10(17)7-12(11)18/h3-4,7,17-18H,2,5-6,8-9H2,1H3. The molecule has 1 aliphatic heterocycles. The molecule has 0 aromatic heterocycles. The number of hydrogen-bond acceptors (Lipinski definition) is 5. The number of Topliss-reactive ketones (excluding diaryl/α,β-unsaturated/α-hetero) is 1. The van der Waals surface area contributed by atoms with Crippen LogP contribution in [-0.4, -0.2) is 64.9 Å². The van der Waals surface area contributed by atoms with Crippen LogP contribution in [-0.2, 0) is 4.79 Å². The molecule has 0 aliphatic carbocycles. The molecule has 0 bridgehead atoms. The number of amides is 1. The quantitative estimate of drug-likeness (QED) is 0.784. The molecule has 0 unspecified atom stereocenters. The van der Waals surface area contributed by atoms with Gasteiger partial charge < -0.3 is 15.1 Å². The number of rotatable bonds is 3. The highest BCUT2D eigenvalue weighted by atomic mass is 16.3. The summed E-state index contributed by atoms with van der Waals surface area (Å²) in [5.74, 6) is -0.607. The summed E-state index contributed by atoms with van der Waals surface area (Å²) < 4.78 is 0. The molecule has 108 valence electrons. The third kappa shape index (κ3) is 3.27. The van der Waals surface area contributed by atoms with Gasteiger partial charge in [-0.3, -0.25) is 14.5 Å². The maximum absolute atomic E-state index is 12.1. The lowest BCUT2D eigenvalue weighted by atomic mass is 10.1. The number of carbonyl (C=O) groups is 2. The highest BCUT2D eigenvalue weighted by Crippen LogP contribution is 2.23. The van der Waals surface area contributed by atoms with Crippen LogP contribution in [0.3, 0.4) is 0 Å². The van der Waals surface area contributed by atoms with E-state index in [1.54, 1.807) is 16.8 Å². The summed E-state index contributed by atoms with van der Waals surface area (Å²) in [6, 6.07) is 3.88. The van der Waals surface area contributed by atoms with Crippen LogP contribution in [0.5, 0.6) is 11.5 Å². The molecule has 1 amide bonds. The minimum atomic E-state index is -0.264. The zero-order valence-electron chi connectivity index (χ0n) is 11.4. The Kier molecular flexibility index (Phi) is 4.24. The van der Waals surface area contributed by atoms with E-state index in [1.165, 1.54) is 12.1 Å². The van der Waals surface area contributed by atoms with Gasteiger partial charge in [-0.25, -0.2) is 0 Å². The van der Waals surface area contributed by atoms with Crippen molar-refractivity contribution in [2.75, 3.05) is 33.2 Å². The van der Waals surface area contributed by atoms with E-state index in [0.717, 1.165) is 12.5 Å². The van der Waals surface area contributed by atoms with Crippen molar-refractivity contribution in [2.45, 2.75) is 6.42 Å². The first-order chi connectivity index (χ1) is 9.47. The number of benzene rings is 1. The summed E-state index contributed by atoms with van der Waals surface area (Å²) >= 11 is 0. The van der Waals surface area contributed by atoms with Crippen molar-refractivity contribution < 1.29 is 19.8 Å². The molecule has 2 N–H and O–H groups in total. The molecule has 0 atom stereocenters. The average molecular weight is 278 g/mol. The molecule has 6 heteroatoms. The highest BCUT2D eigenvalue weighted by Gasteiger charge is 2.22. The highest BCUT2D eigenvalue weighted by molar-refractivity contribution is 6.00. The first-order valence-corrected chi connectivity index (χ1v) is 6.49. The lowest BCUT2D eigenvalue weighted by molar-refractivity contribution is -0.129. The zero-order chi connectivity index (χ0) is 14.7. The Labute approximate surface area is 117 Å². The summed E-state index contributed by atoms with van der Waals surface area (Å²) in [4.78, 5) is 27.3. The van der Waals surface area contributed by atoms with Gasteiger partial charge in [0.25, 0.3) is 0 Å². The monoisotopic (exact) mass is 278 g/mol. The van der Waals surface area contributed by atoms with Crippen LogP contribution in [0.15, 0.2) is 18.2 Å². The Morgan fingerprint density at radius 1 is 1.30 bits per heavy atom. The normalized spacial score (nSPS) is 17.1. The molecule has 0 radical (unpaired) electrons. The third-order valence-electron chi connectivity index (χ3n) is 3.40. The average Bonchev–Trinajstić information content (AvgIpc) is 2.51. The molecule has 1 aliphatic rings. The van der Waals surface area contributed by atoms with E-state index < -0.39 is 0 Å². The zero-order valence-corrected chi connectivity index (χ0v) is 11.4. The fraction of sp³-hybridized carbons (Fsp3) is 0.429. The molecule has 1 heterocycles. The van der Waals surface area contributed by atoms with Gasteiger partial charge in [-0.2, -0.15) is 0 Å². The van der Waals surface area contributed by atoms with Crippen molar-refractivity contribution in [1.29, 1.82) is 0 Å². The van der Waals surface area contributed by atoms with E-state index in [9.17, 15) is 19.8 Å². The molecule has 1 saturated heterocycles. The topological polar surface area (TPSA) is 81.1 Å². The lowest BCUT2D eigenvalue weighted by Crippen LogP contribution is -2.37. The number of phenolic OH excluding ortho intramolecular Hbond substituents is 2. The largest absolute Gasteiger partial charge is 0.508 e. The van der Waals surface area contributed by atoms with Gasteiger partial charge in [0.1, 0.15) is 11.5 Å². The fourth-order valence-corrected chi connectivity index (χ4v) is 2.23. The predicted octanol–water partition coefficient (Wildman–Crippen LogP) is 0.445. The fourth-order valence-electron chi connectivity index (χ4n) is 2.23. The predicted molar refractivity (Wildman–Crippen MR) is 72.8 cm³/mol. The van der Waals surface area contributed by atoms with E-state index >= 15 is 0 Å². The second-order valence-corrected chi connectivity index (χ2v) is 5.00. The minimum absolute atomic E-state index is 0.00905. The van der Waals surface area contributed by atoms with Crippen molar-refractivity contribution in [3.8, 4) is 11.5 Å². The molecule has 20 heavy (non-hydrogen) atoms. The Hall–Kier alpha value is -2.08. The Balaban J connectivity index is 2.05. The van der Waals surface area contributed by atoms with Crippen molar-refractivity contribution in [2.24, 2.45) is 0 Å². The summed E-state index contributed by atoms with van der Waals surface area (Å²) in [6.07, 6.45) is 0.817. The van der Waals surface area contributed by atoms with Crippen LogP contribution in [0.4, 0.5) is 0 Å². The Bertz CT molecular complexity index is 530. The second-order valence-electron chi connectivity index (χ2n) is 5.00. The summed E-state index contributed by atoms with van der Waals surface area (Å²) in [5, 5.41) is 18.9. The van der Waals surface area contributed by atoms with Gasteiger partial charge in [-0.05, 0) is 18.6 Å². The molecule has 1 fully saturated rings. The number of hydrogen-bond donors (Lipinski definition) is 2. The first kappa shape index (κ1) is 14.3. The molecule has 2 rings (SSSR count). The van der Waals surface area contributed by atoms with E-state index in [4.69, 9.17) is 0 Å². The van der Waals surface area contributed by atoms with E-state index in [2.05, 4.69) is 0 Å². The smallest absolute Gasteiger partial charge is 0.236 e. The molecule has 6 nitrogen and oxygen atoms in total. The van der Waals surface area contributed by atoms with Crippen LogP contribution in [0.25, 0.3) is 0 Å². The first-order valence-electron chi connectivity index (χ1n) is 6.49. The van der Waals surface area contributed by atoms with Crippen LogP contribution >= 0.6 is 0 Å². The number of ketones is 1. The SMILES string of the molecule is CN1CCCN(CC(=O)c2ccc(O)cc2O)CC1=O. The Morgan fingerprint density at radius 3 is 2.75 bits per heavy atom. The third-order valence-corrected chi connectivity index (χ3v) is 3.40. The van der Waals surface area contributed by atoms with E-state index in [-0.39, 0.29) is 41.8 Å². The van der Waals surface area contributed by atoms with Gasteiger partial charge >= 0.3 is 0 Å². The maximum atomic E-state index is 12.1. The summed E-state index contributed by atoms with van der Waals surface area (Å²) in [5.41, 5.74) is 0.160. The molecular weight excluding hydrogens is 260 g/mol. The minimum Gasteiger partial charge on any atom is -0.508 e. The number of aromatic hydroxyl groups is 2. The van der Waals surface area contributed by atoms with E-state index in [0.29, 0.717) is 13.1 Å². The number of likely N-dealkylation sites (N-methyl/N-ethyl adjacent to an activating group) is 1. The molecule has 1 aromatic carbocycles. The van der Waals surface area contributed by atoms with Crippen LogP contribution in [0.2, 0.25) is 0 Å². The van der Waals surface area contributed by atoms with Crippen LogP contribution in [0, 0.1) is 0 Å². The molecule has 0 spiro atoms. The number of carbonyl (C=O) groups excluding carboxylic acids is 2. The van der Waals surface area contributed by atoms with Gasteiger partial charge in [0.2, 0.25) is 5.91 Å². The van der Waals surface area contributed by atoms with Gasteiger partial charge in [-0.15, -0.1) is 0 Å². The van der Waals surface area contributed by atoms with Crippen LogP contribution in [0.1, 0.15) is 16.8 Å². The number of phenols is 2. The number of nitrogens with zero attached hydrogens (tertiary/aromatic N) is 2. The van der Waals surface area contributed by atoms with Gasteiger partial charge in [0.05, 0.1) is 18.7 Å². The van der Waals surface area contributed by atoms with Gasteiger partial charge in [0, 0.05) is 26.2 Å². The van der Waals surface area contributed by atoms with Gasteiger partial charge in [-0.1, -0.05) is 0 Å². The van der Waals surface area contributed by atoms with Crippen molar-refractivity contribution in [3.63, 3.8) is 0 Å². The van der Waals surface area contributed by atoms with Crippen LogP contribution < -0.4 is 0 Å². The molecule has 1 aromatic rings. The molecular formula is C14H18N2O4. The van der Waals surface area contributed by atoms with E-state index in [1.807, 2.05) is 0 Å². The summed E-state index contributed by atoms with van der Waals surface area (Å²) in [6.45, 7) is 1.65. The Morgan fingerprint density at radius 2 is 2.05 bits per heavy atom. The summed E-state index contributed by atoms with van der Waals surface area (Å²) in [7, 11) is 1.75. The van der Waals surface area contributed by atoms with Crippen molar-refractivity contribution >= 4 is 11.7 Å².